The van der Waals surface area contributed by atoms with Gasteiger partial charge in [0.2, 0.25) is 0 Å². The Morgan fingerprint density at radius 2 is 2.00 bits per heavy atom. The smallest absolute Gasteiger partial charge is 0.124 e. The maximum atomic E-state index is 10.9. The first-order chi connectivity index (χ1) is 7.65. The van der Waals surface area contributed by atoms with Crippen molar-refractivity contribution in [3.63, 3.8) is 0 Å². The Labute approximate surface area is 111 Å². The molecule has 0 amide bonds. The summed E-state index contributed by atoms with van der Waals surface area (Å²) in [5, 5.41) is 15.2. The zero-order valence-electron chi connectivity index (χ0n) is 11.2. The topological polar surface area (TPSA) is 64.1 Å². The molecular formula is C12H22BrN3O. The van der Waals surface area contributed by atoms with Crippen LogP contribution in [0.5, 0.6) is 0 Å². The Balaban J connectivity index is 3.44. The lowest BCUT2D eigenvalue weighted by molar-refractivity contribution is -0.0639. The van der Waals surface area contributed by atoms with Crippen LogP contribution in [0, 0.1) is 5.41 Å². The van der Waals surface area contributed by atoms with E-state index >= 15 is 0 Å². The maximum Gasteiger partial charge on any atom is 0.124 e. The summed E-state index contributed by atoms with van der Waals surface area (Å²) in [5.41, 5.74) is 5.09. The molecule has 1 aromatic rings. The van der Waals surface area contributed by atoms with E-state index in [0.29, 0.717) is 0 Å². The zero-order chi connectivity index (χ0) is 13.4. The van der Waals surface area contributed by atoms with Crippen molar-refractivity contribution in [2.24, 2.45) is 11.1 Å². The molecule has 0 aliphatic heterocycles. The van der Waals surface area contributed by atoms with Crippen molar-refractivity contribution in [1.82, 2.24) is 9.78 Å². The second-order valence-electron chi connectivity index (χ2n) is 5.69. The van der Waals surface area contributed by atoms with Crippen LogP contribution < -0.4 is 5.73 Å². The SMILES string of the molecule is CC(C)n1ncc(Br)c1C(O)(CN)C(C)(C)C. The van der Waals surface area contributed by atoms with E-state index in [4.69, 9.17) is 5.73 Å². The van der Waals surface area contributed by atoms with Crippen molar-refractivity contribution >= 4 is 15.9 Å². The average Bonchev–Trinajstić information content (AvgIpc) is 2.57. The molecule has 0 spiro atoms. The molecule has 0 saturated carbocycles. The van der Waals surface area contributed by atoms with Gasteiger partial charge in [-0.05, 0) is 35.2 Å². The van der Waals surface area contributed by atoms with Gasteiger partial charge in [-0.1, -0.05) is 20.8 Å². The lowest BCUT2D eigenvalue weighted by Crippen LogP contribution is -2.48. The minimum Gasteiger partial charge on any atom is -0.382 e. The second kappa shape index (κ2) is 4.71. The van der Waals surface area contributed by atoms with Crippen LogP contribution in [0.25, 0.3) is 0 Å². The van der Waals surface area contributed by atoms with Crippen LogP contribution in [-0.2, 0) is 5.60 Å². The van der Waals surface area contributed by atoms with Crippen LogP contribution in [0.4, 0.5) is 0 Å². The molecule has 0 fully saturated rings. The monoisotopic (exact) mass is 303 g/mol. The quantitative estimate of drug-likeness (QED) is 0.901. The number of halogens is 1. The molecule has 1 atom stereocenters. The van der Waals surface area contributed by atoms with Crippen molar-refractivity contribution in [2.75, 3.05) is 6.54 Å². The Kier molecular flexibility index (Phi) is 4.06. The molecule has 0 aliphatic carbocycles. The van der Waals surface area contributed by atoms with Gasteiger partial charge in [-0.2, -0.15) is 5.10 Å². The maximum absolute atomic E-state index is 10.9. The number of hydrogen-bond acceptors (Lipinski definition) is 3. The highest BCUT2D eigenvalue weighted by Crippen LogP contribution is 2.42. The molecule has 1 aromatic heterocycles. The molecule has 17 heavy (non-hydrogen) atoms. The van der Waals surface area contributed by atoms with Gasteiger partial charge in [-0.3, -0.25) is 4.68 Å². The predicted octanol–water partition coefficient (Wildman–Crippen LogP) is 2.42. The minimum atomic E-state index is -1.10. The van der Waals surface area contributed by atoms with Gasteiger partial charge in [0.15, 0.2) is 0 Å². The normalized spacial score (nSPS) is 16.3. The predicted molar refractivity (Wildman–Crippen MR) is 72.7 cm³/mol. The number of aromatic nitrogens is 2. The average molecular weight is 304 g/mol. The number of hydrogen-bond donors (Lipinski definition) is 2. The molecule has 1 heterocycles. The summed E-state index contributed by atoms with van der Waals surface area (Å²) in [6.07, 6.45) is 1.71. The number of nitrogens with zero attached hydrogens (tertiary/aromatic N) is 2. The van der Waals surface area contributed by atoms with Gasteiger partial charge in [0.05, 0.1) is 16.4 Å². The molecule has 0 saturated heterocycles. The number of rotatable bonds is 3. The Morgan fingerprint density at radius 1 is 1.47 bits per heavy atom. The molecule has 98 valence electrons. The zero-order valence-corrected chi connectivity index (χ0v) is 12.7. The third-order valence-corrected chi connectivity index (χ3v) is 3.75. The summed E-state index contributed by atoms with van der Waals surface area (Å²) in [6.45, 7) is 10.1. The van der Waals surface area contributed by atoms with Gasteiger partial charge in [0.25, 0.3) is 0 Å². The van der Waals surface area contributed by atoms with Crippen molar-refractivity contribution in [3.05, 3.63) is 16.4 Å². The van der Waals surface area contributed by atoms with E-state index in [-0.39, 0.29) is 18.0 Å². The van der Waals surface area contributed by atoms with E-state index < -0.39 is 5.60 Å². The molecule has 1 rings (SSSR count). The lowest BCUT2D eigenvalue weighted by Gasteiger charge is -2.40. The Bertz CT molecular complexity index is 395. The fourth-order valence-electron chi connectivity index (χ4n) is 1.88. The van der Waals surface area contributed by atoms with Crippen molar-refractivity contribution < 1.29 is 5.11 Å². The highest BCUT2D eigenvalue weighted by Gasteiger charge is 2.44. The van der Waals surface area contributed by atoms with E-state index in [1.165, 1.54) is 0 Å². The van der Waals surface area contributed by atoms with E-state index in [1.807, 2.05) is 39.3 Å². The van der Waals surface area contributed by atoms with Crippen LogP contribution >= 0.6 is 15.9 Å². The van der Waals surface area contributed by atoms with Crippen LogP contribution in [0.3, 0.4) is 0 Å². The summed E-state index contributed by atoms with van der Waals surface area (Å²) in [5.74, 6) is 0. The first kappa shape index (κ1) is 14.7. The summed E-state index contributed by atoms with van der Waals surface area (Å²) in [7, 11) is 0. The summed E-state index contributed by atoms with van der Waals surface area (Å²) in [4.78, 5) is 0. The van der Waals surface area contributed by atoms with Gasteiger partial charge < -0.3 is 10.8 Å². The molecule has 3 N–H and O–H groups in total. The molecule has 0 bridgehead atoms. The number of nitrogens with two attached hydrogens (primary N) is 1. The molecular weight excluding hydrogens is 282 g/mol. The summed E-state index contributed by atoms with van der Waals surface area (Å²) < 4.78 is 2.62. The van der Waals surface area contributed by atoms with E-state index in [1.54, 1.807) is 6.20 Å². The van der Waals surface area contributed by atoms with Gasteiger partial charge in [0, 0.05) is 12.6 Å². The van der Waals surface area contributed by atoms with Crippen LogP contribution in [0.15, 0.2) is 10.7 Å². The summed E-state index contributed by atoms with van der Waals surface area (Å²) in [6, 6.07) is 0.178. The third-order valence-electron chi connectivity index (χ3n) is 3.17. The standard InChI is InChI=1S/C12H22BrN3O/c1-8(2)16-10(9(13)6-15-16)12(17,7-14)11(3,4)5/h6,8,17H,7,14H2,1-5H3. The Morgan fingerprint density at radius 3 is 2.35 bits per heavy atom. The molecule has 1 unspecified atom stereocenters. The van der Waals surface area contributed by atoms with Crippen molar-refractivity contribution in [1.29, 1.82) is 0 Å². The fraction of sp³-hybridized carbons (Fsp3) is 0.750. The first-order valence-corrected chi connectivity index (χ1v) is 6.60. The second-order valence-corrected chi connectivity index (χ2v) is 6.55. The Hall–Kier alpha value is -0.390. The minimum absolute atomic E-state index is 0.160. The van der Waals surface area contributed by atoms with Gasteiger partial charge in [0.1, 0.15) is 5.60 Å². The molecule has 0 radical (unpaired) electrons. The molecule has 4 nitrogen and oxygen atoms in total. The van der Waals surface area contributed by atoms with Gasteiger partial charge in [-0.15, -0.1) is 0 Å². The van der Waals surface area contributed by atoms with Crippen LogP contribution in [0.2, 0.25) is 0 Å². The third kappa shape index (κ3) is 2.41. The molecule has 5 heteroatoms. The van der Waals surface area contributed by atoms with Gasteiger partial charge in [-0.25, -0.2) is 0 Å². The van der Waals surface area contributed by atoms with E-state index in [9.17, 15) is 5.11 Å². The first-order valence-electron chi connectivity index (χ1n) is 5.81. The molecule has 0 aromatic carbocycles. The van der Waals surface area contributed by atoms with Gasteiger partial charge >= 0.3 is 0 Å². The van der Waals surface area contributed by atoms with E-state index in [2.05, 4.69) is 21.0 Å². The summed E-state index contributed by atoms with van der Waals surface area (Å²) >= 11 is 3.46. The fourth-order valence-corrected chi connectivity index (χ4v) is 2.48. The van der Waals surface area contributed by atoms with Crippen molar-refractivity contribution in [3.8, 4) is 0 Å². The largest absolute Gasteiger partial charge is 0.382 e. The lowest BCUT2D eigenvalue weighted by atomic mass is 9.74. The van der Waals surface area contributed by atoms with Crippen LogP contribution in [-0.4, -0.2) is 21.4 Å². The molecule has 0 aliphatic rings. The van der Waals surface area contributed by atoms with Crippen molar-refractivity contribution in [2.45, 2.75) is 46.3 Å². The number of aliphatic hydroxyl groups is 1. The highest BCUT2D eigenvalue weighted by atomic mass is 79.9. The van der Waals surface area contributed by atoms with Crippen LogP contribution in [0.1, 0.15) is 46.4 Å². The highest BCUT2D eigenvalue weighted by molar-refractivity contribution is 9.10. The van der Waals surface area contributed by atoms with E-state index in [0.717, 1.165) is 10.2 Å².